The van der Waals surface area contributed by atoms with Crippen molar-refractivity contribution in [2.45, 2.75) is 129 Å². The molecule has 5 heteroatoms. The molecule has 42 heavy (non-hydrogen) atoms. The summed E-state index contributed by atoms with van der Waals surface area (Å²) >= 11 is 0. The van der Waals surface area contributed by atoms with Gasteiger partial charge in [0.1, 0.15) is 10.6 Å². The molecule has 3 aromatic rings. The molecular weight excluding hydrogens is 540 g/mol. The molecule has 0 bridgehead atoms. The highest BCUT2D eigenvalue weighted by Gasteiger charge is 2.33. The van der Waals surface area contributed by atoms with Gasteiger partial charge >= 0.3 is 10.1 Å². The Bertz CT molecular complexity index is 1550. The quantitative estimate of drug-likeness (QED) is 0.300. The predicted octanol–water partition coefficient (Wildman–Crippen LogP) is 9.81. The summed E-state index contributed by atoms with van der Waals surface area (Å²) in [5, 5.41) is 11.8. The van der Waals surface area contributed by atoms with Gasteiger partial charge in [0.2, 0.25) is 0 Å². The minimum Gasteiger partial charge on any atom is -0.507 e. The molecule has 0 radical (unpaired) electrons. The van der Waals surface area contributed by atoms with Crippen LogP contribution in [0.3, 0.4) is 0 Å². The van der Waals surface area contributed by atoms with Crippen LogP contribution in [0.1, 0.15) is 135 Å². The van der Waals surface area contributed by atoms with Crippen LogP contribution >= 0.6 is 0 Å². The van der Waals surface area contributed by atoms with Crippen molar-refractivity contribution in [3.63, 3.8) is 0 Å². The number of phenols is 1. The summed E-state index contributed by atoms with van der Waals surface area (Å²) in [6.07, 6.45) is 0. The lowest BCUT2D eigenvalue weighted by molar-refractivity contribution is 0.435. The monoisotopic (exact) mass is 592 g/mol. The van der Waals surface area contributed by atoms with E-state index in [0.717, 1.165) is 38.9 Å². The molecule has 0 unspecified atom stereocenters. The largest absolute Gasteiger partial charge is 0.507 e. The summed E-state index contributed by atoms with van der Waals surface area (Å²) in [6.45, 7) is 29.4. The molecule has 0 aliphatic heterocycles. The summed E-state index contributed by atoms with van der Waals surface area (Å²) in [6, 6.07) is 15.1. The average Bonchev–Trinajstić information content (AvgIpc) is 2.81. The third-order valence-electron chi connectivity index (χ3n) is 8.04. The molecule has 0 saturated heterocycles. The second-order valence-electron chi connectivity index (χ2n) is 16.0. The maximum Gasteiger partial charge on any atom is 0.339 e. The lowest BCUT2D eigenvalue weighted by Gasteiger charge is -2.32. The van der Waals surface area contributed by atoms with E-state index in [2.05, 4.69) is 107 Å². The Kier molecular flexibility index (Phi) is 8.86. The first kappa shape index (κ1) is 33.7. The topological polar surface area (TPSA) is 63.6 Å². The number of hydrogen-bond donors (Lipinski definition) is 1. The SMILES string of the molecule is Cc1ccc(S(=O)(=O)Oc2c([C@H](C)c3cc(C(C)(C)C)cc(C(C)(C)C)c3O)cc(C(C)(C)C)cc2C(C)(C)C)cc1. The van der Waals surface area contributed by atoms with Crippen molar-refractivity contribution in [3.8, 4) is 11.5 Å². The third kappa shape index (κ3) is 7.22. The summed E-state index contributed by atoms with van der Waals surface area (Å²) < 4.78 is 33.7. The van der Waals surface area contributed by atoms with Gasteiger partial charge in [0.15, 0.2) is 5.75 Å². The number of hydrogen-bond acceptors (Lipinski definition) is 4. The van der Waals surface area contributed by atoms with E-state index in [-0.39, 0.29) is 32.8 Å². The number of benzene rings is 3. The van der Waals surface area contributed by atoms with Crippen LogP contribution in [0.5, 0.6) is 11.5 Å². The molecule has 4 nitrogen and oxygen atoms in total. The lowest BCUT2D eigenvalue weighted by atomic mass is 9.74. The van der Waals surface area contributed by atoms with Crippen molar-refractivity contribution < 1.29 is 17.7 Å². The maximum absolute atomic E-state index is 13.8. The van der Waals surface area contributed by atoms with Crippen molar-refractivity contribution in [2.24, 2.45) is 0 Å². The van der Waals surface area contributed by atoms with Gasteiger partial charge in [0, 0.05) is 22.6 Å². The van der Waals surface area contributed by atoms with Gasteiger partial charge < -0.3 is 9.29 Å². The Morgan fingerprint density at radius 2 is 1.07 bits per heavy atom. The molecule has 0 saturated carbocycles. The summed E-state index contributed by atoms with van der Waals surface area (Å²) in [4.78, 5) is 0.110. The van der Waals surface area contributed by atoms with E-state index in [4.69, 9.17) is 4.18 Å². The van der Waals surface area contributed by atoms with E-state index in [9.17, 15) is 13.5 Å². The van der Waals surface area contributed by atoms with E-state index in [0.29, 0.717) is 5.75 Å². The van der Waals surface area contributed by atoms with Crippen LogP contribution in [-0.4, -0.2) is 13.5 Å². The summed E-state index contributed by atoms with van der Waals surface area (Å²) in [5.41, 5.74) is 5.29. The van der Waals surface area contributed by atoms with Crippen molar-refractivity contribution in [2.75, 3.05) is 0 Å². The molecule has 230 valence electrons. The van der Waals surface area contributed by atoms with Gasteiger partial charge in [-0.15, -0.1) is 0 Å². The van der Waals surface area contributed by atoms with E-state index in [1.807, 2.05) is 13.8 Å². The van der Waals surface area contributed by atoms with Gasteiger partial charge in [0.05, 0.1) is 0 Å². The van der Waals surface area contributed by atoms with Crippen molar-refractivity contribution >= 4 is 10.1 Å². The highest BCUT2D eigenvalue weighted by Crippen LogP contribution is 2.47. The second-order valence-corrected chi connectivity index (χ2v) is 17.5. The van der Waals surface area contributed by atoms with E-state index >= 15 is 0 Å². The number of aryl methyl sites for hydroxylation is 1. The molecule has 1 atom stereocenters. The molecule has 3 rings (SSSR count). The fraction of sp³-hybridized carbons (Fsp3) is 0.514. The fourth-order valence-corrected chi connectivity index (χ4v) is 6.05. The maximum atomic E-state index is 13.8. The van der Waals surface area contributed by atoms with E-state index in [1.165, 1.54) is 0 Å². The van der Waals surface area contributed by atoms with Crippen LogP contribution < -0.4 is 4.18 Å². The van der Waals surface area contributed by atoms with Gasteiger partial charge in [-0.1, -0.05) is 132 Å². The predicted molar refractivity (Wildman–Crippen MR) is 176 cm³/mol. The standard InChI is InChI=1S/C37H52O4S/c1-23-15-17-27(18-16-23)42(39,40)41-33-29(20-26(35(6,7)8)22-31(33)37(12,13)14)24(2)28-19-25(34(3,4)5)21-30(32(28)38)36(9,10)11/h15-22,24,38H,1-14H3/t24-/m1/s1. The molecule has 0 fully saturated rings. The van der Waals surface area contributed by atoms with Crippen LogP contribution in [0.25, 0.3) is 0 Å². The minimum absolute atomic E-state index is 0.110. The Balaban J connectivity index is 2.44. The first-order valence-corrected chi connectivity index (χ1v) is 16.3. The molecule has 0 heterocycles. The van der Waals surface area contributed by atoms with Gasteiger partial charge in [-0.25, -0.2) is 0 Å². The van der Waals surface area contributed by atoms with Gasteiger partial charge in [-0.2, -0.15) is 8.42 Å². The zero-order valence-electron chi connectivity index (χ0n) is 28.3. The first-order chi connectivity index (χ1) is 18.8. The smallest absolute Gasteiger partial charge is 0.339 e. The summed E-state index contributed by atoms with van der Waals surface area (Å²) in [5.74, 6) is 0.218. The van der Waals surface area contributed by atoms with Crippen LogP contribution in [0.4, 0.5) is 0 Å². The summed E-state index contributed by atoms with van der Waals surface area (Å²) in [7, 11) is -4.13. The van der Waals surface area contributed by atoms with Crippen LogP contribution in [0.15, 0.2) is 53.4 Å². The van der Waals surface area contributed by atoms with Crippen molar-refractivity contribution in [1.82, 2.24) is 0 Å². The Morgan fingerprint density at radius 1 is 0.643 bits per heavy atom. The zero-order chi connectivity index (χ0) is 32.2. The molecule has 0 spiro atoms. The van der Waals surface area contributed by atoms with Gasteiger partial charge in [-0.05, 0) is 57.4 Å². The van der Waals surface area contributed by atoms with Crippen molar-refractivity contribution in [1.29, 1.82) is 0 Å². The molecule has 0 aromatic heterocycles. The Hall–Kier alpha value is -2.79. The fourth-order valence-electron chi connectivity index (χ4n) is 5.08. The lowest BCUT2D eigenvalue weighted by Crippen LogP contribution is -2.22. The average molecular weight is 593 g/mol. The molecule has 0 aliphatic carbocycles. The zero-order valence-corrected chi connectivity index (χ0v) is 29.1. The molecular formula is C37H52O4S. The second kappa shape index (κ2) is 11.0. The Labute approximate surface area is 255 Å². The van der Waals surface area contributed by atoms with Crippen LogP contribution in [0.2, 0.25) is 0 Å². The van der Waals surface area contributed by atoms with Crippen molar-refractivity contribution in [3.05, 3.63) is 87.5 Å². The third-order valence-corrected chi connectivity index (χ3v) is 9.28. The normalized spacial score (nSPS) is 14.1. The highest BCUT2D eigenvalue weighted by molar-refractivity contribution is 7.87. The Morgan fingerprint density at radius 3 is 1.50 bits per heavy atom. The van der Waals surface area contributed by atoms with Gasteiger partial charge in [-0.3, -0.25) is 0 Å². The molecule has 0 aliphatic rings. The number of rotatable bonds is 5. The molecule has 0 amide bonds. The van der Waals surface area contributed by atoms with E-state index < -0.39 is 15.5 Å². The minimum atomic E-state index is -4.13. The van der Waals surface area contributed by atoms with Crippen LogP contribution in [-0.2, 0) is 31.8 Å². The first-order valence-electron chi connectivity index (χ1n) is 14.9. The highest BCUT2D eigenvalue weighted by atomic mass is 32.2. The van der Waals surface area contributed by atoms with Crippen LogP contribution in [0, 0.1) is 6.92 Å². The van der Waals surface area contributed by atoms with Gasteiger partial charge in [0.25, 0.3) is 0 Å². The van der Waals surface area contributed by atoms with E-state index in [1.54, 1.807) is 24.3 Å². The molecule has 1 N–H and O–H groups in total. The molecule has 3 aromatic carbocycles. The number of phenolic OH excluding ortho intramolecular Hbond substituents is 1. The number of aromatic hydroxyl groups is 1.